The molecule has 2 rings (SSSR count). The van der Waals surface area contributed by atoms with Crippen LogP contribution in [-0.4, -0.2) is 10.9 Å². The lowest BCUT2D eigenvalue weighted by molar-refractivity contribution is 0.102. The number of nitrogens with two attached hydrogens (primary N) is 1. The normalized spacial score (nSPS) is 10.1. The molecular formula is C13H12FN3O. The summed E-state index contributed by atoms with van der Waals surface area (Å²) in [7, 11) is 0. The van der Waals surface area contributed by atoms with Crippen molar-refractivity contribution in [2.75, 3.05) is 11.1 Å². The molecule has 0 saturated carbocycles. The Morgan fingerprint density at radius 3 is 2.78 bits per heavy atom. The van der Waals surface area contributed by atoms with Crippen LogP contribution < -0.4 is 11.1 Å². The van der Waals surface area contributed by atoms with Gasteiger partial charge in [0.1, 0.15) is 11.6 Å². The van der Waals surface area contributed by atoms with Crippen LogP contribution >= 0.6 is 0 Å². The smallest absolute Gasteiger partial charge is 0.258 e. The molecule has 1 aromatic heterocycles. The largest absolute Gasteiger partial charge is 0.384 e. The second kappa shape index (κ2) is 4.83. The predicted octanol–water partition coefficient (Wildman–Crippen LogP) is 2.36. The zero-order valence-electron chi connectivity index (χ0n) is 9.77. The minimum absolute atomic E-state index is 0.00632. The van der Waals surface area contributed by atoms with Gasteiger partial charge >= 0.3 is 0 Å². The molecule has 0 fully saturated rings. The molecule has 2 aromatic rings. The second-order valence-corrected chi connectivity index (χ2v) is 3.91. The predicted molar refractivity (Wildman–Crippen MR) is 67.7 cm³/mol. The maximum Gasteiger partial charge on any atom is 0.258 e. The number of aromatic nitrogens is 1. The highest BCUT2D eigenvalue weighted by Crippen LogP contribution is 2.13. The van der Waals surface area contributed by atoms with Crippen LogP contribution in [0, 0.1) is 12.7 Å². The van der Waals surface area contributed by atoms with Gasteiger partial charge in [0.25, 0.3) is 5.91 Å². The number of benzene rings is 1. The molecule has 1 aromatic carbocycles. The van der Waals surface area contributed by atoms with E-state index in [1.807, 2.05) is 0 Å². The molecule has 0 aliphatic heterocycles. The van der Waals surface area contributed by atoms with E-state index in [1.165, 1.54) is 18.3 Å². The Balaban J connectivity index is 2.21. The number of pyridine rings is 1. The van der Waals surface area contributed by atoms with E-state index in [-0.39, 0.29) is 5.56 Å². The van der Waals surface area contributed by atoms with Gasteiger partial charge in [-0.15, -0.1) is 0 Å². The lowest BCUT2D eigenvalue weighted by atomic mass is 10.1. The van der Waals surface area contributed by atoms with Crippen LogP contribution in [0.5, 0.6) is 0 Å². The molecule has 0 unspecified atom stereocenters. The maximum atomic E-state index is 13.5. The number of nitrogens with zero attached hydrogens (tertiary/aromatic N) is 1. The van der Waals surface area contributed by atoms with Crippen LogP contribution in [-0.2, 0) is 0 Å². The van der Waals surface area contributed by atoms with Crippen LogP contribution in [0.15, 0.2) is 36.5 Å². The number of aryl methyl sites for hydroxylation is 1. The van der Waals surface area contributed by atoms with Gasteiger partial charge in [0.2, 0.25) is 0 Å². The van der Waals surface area contributed by atoms with Crippen LogP contribution in [0.1, 0.15) is 15.9 Å². The Morgan fingerprint density at radius 1 is 1.33 bits per heavy atom. The highest BCUT2D eigenvalue weighted by molar-refractivity contribution is 6.04. The highest BCUT2D eigenvalue weighted by atomic mass is 19.1. The lowest BCUT2D eigenvalue weighted by Crippen LogP contribution is -2.14. The fraction of sp³-hybridized carbons (Fsp3) is 0.0769. The van der Waals surface area contributed by atoms with E-state index >= 15 is 0 Å². The monoisotopic (exact) mass is 245 g/mol. The number of nitrogen functional groups attached to an aromatic ring is 1. The molecule has 0 spiro atoms. The third-order valence-corrected chi connectivity index (χ3v) is 2.41. The highest BCUT2D eigenvalue weighted by Gasteiger charge is 2.11. The van der Waals surface area contributed by atoms with Crippen molar-refractivity contribution in [3.63, 3.8) is 0 Å². The molecule has 0 aliphatic carbocycles. The number of hydrogen-bond acceptors (Lipinski definition) is 3. The summed E-state index contributed by atoms with van der Waals surface area (Å²) in [5.74, 6) is -0.709. The zero-order valence-corrected chi connectivity index (χ0v) is 9.77. The van der Waals surface area contributed by atoms with Crippen molar-refractivity contribution >= 4 is 17.4 Å². The summed E-state index contributed by atoms with van der Waals surface area (Å²) in [5.41, 5.74) is 6.72. The van der Waals surface area contributed by atoms with Crippen molar-refractivity contribution in [3.05, 3.63) is 53.5 Å². The Hall–Kier alpha value is -2.43. The van der Waals surface area contributed by atoms with Gasteiger partial charge in [-0.2, -0.15) is 0 Å². The number of amides is 1. The third-order valence-electron chi connectivity index (χ3n) is 2.41. The quantitative estimate of drug-likeness (QED) is 0.853. The molecule has 0 saturated heterocycles. The van der Waals surface area contributed by atoms with Gasteiger partial charge in [-0.25, -0.2) is 9.37 Å². The molecule has 1 heterocycles. The van der Waals surface area contributed by atoms with Crippen LogP contribution in [0.4, 0.5) is 15.9 Å². The Kier molecular flexibility index (Phi) is 3.23. The molecule has 92 valence electrons. The Morgan fingerprint density at radius 2 is 2.11 bits per heavy atom. The summed E-state index contributed by atoms with van der Waals surface area (Å²) >= 11 is 0. The molecule has 3 N–H and O–H groups in total. The first kappa shape index (κ1) is 12.0. The van der Waals surface area contributed by atoms with Crippen molar-refractivity contribution in [1.82, 2.24) is 4.98 Å². The van der Waals surface area contributed by atoms with E-state index < -0.39 is 11.7 Å². The number of carbonyl (C=O) groups is 1. The molecule has 0 bridgehead atoms. The number of nitrogens with one attached hydrogen (secondary N) is 1. The van der Waals surface area contributed by atoms with Crippen molar-refractivity contribution in [3.8, 4) is 0 Å². The second-order valence-electron chi connectivity index (χ2n) is 3.91. The number of rotatable bonds is 2. The van der Waals surface area contributed by atoms with E-state index in [9.17, 15) is 9.18 Å². The number of hydrogen-bond donors (Lipinski definition) is 2. The van der Waals surface area contributed by atoms with Gasteiger partial charge in [-0.3, -0.25) is 4.79 Å². The maximum absolute atomic E-state index is 13.5. The van der Waals surface area contributed by atoms with Crippen LogP contribution in [0.3, 0.4) is 0 Å². The molecule has 0 atom stereocenters. The number of anilines is 2. The summed E-state index contributed by atoms with van der Waals surface area (Å²) in [6.45, 7) is 1.79. The average molecular weight is 245 g/mol. The summed E-state index contributed by atoms with van der Waals surface area (Å²) in [6.07, 6.45) is 1.42. The van der Waals surface area contributed by atoms with E-state index in [1.54, 1.807) is 25.1 Å². The summed E-state index contributed by atoms with van der Waals surface area (Å²) in [4.78, 5) is 15.7. The van der Waals surface area contributed by atoms with Gasteiger partial charge in [-0.1, -0.05) is 11.6 Å². The molecule has 0 aliphatic rings. The molecular weight excluding hydrogens is 233 g/mol. The summed E-state index contributed by atoms with van der Waals surface area (Å²) in [6, 6.07) is 7.54. The SMILES string of the molecule is Cc1ccc(F)c(C(=O)Nc2ccc(N)nc2)c1. The van der Waals surface area contributed by atoms with Crippen molar-refractivity contribution in [2.45, 2.75) is 6.92 Å². The molecule has 0 radical (unpaired) electrons. The van der Waals surface area contributed by atoms with Crippen LogP contribution in [0.25, 0.3) is 0 Å². The van der Waals surface area contributed by atoms with E-state index in [4.69, 9.17) is 5.73 Å². The van der Waals surface area contributed by atoms with Gasteiger partial charge in [0.15, 0.2) is 0 Å². The number of carbonyl (C=O) groups excluding carboxylic acids is 1. The lowest BCUT2D eigenvalue weighted by Gasteiger charge is -2.06. The van der Waals surface area contributed by atoms with Gasteiger partial charge in [0.05, 0.1) is 17.4 Å². The van der Waals surface area contributed by atoms with E-state index in [0.29, 0.717) is 11.5 Å². The molecule has 4 nitrogen and oxygen atoms in total. The average Bonchev–Trinajstić information content (AvgIpc) is 2.35. The molecule has 5 heteroatoms. The van der Waals surface area contributed by atoms with Crippen molar-refractivity contribution < 1.29 is 9.18 Å². The third kappa shape index (κ3) is 2.63. The minimum atomic E-state index is -0.554. The standard InChI is InChI=1S/C13H12FN3O/c1-8-2-4-11(14)10(6-8)13(18)17-9-3-5-12(15)16-7-9/h2-7H,1H3,(H2,15,16)(H,17,18). The van der Waals surface area contributed by atoms with Gasteiger partial charge in [-0.05, 0) is 31.2 Å². The van der Waals surface area contributed by atoms with Gasteiger partial charge < -0.3 is 11.1 Å². The summed E-state index contributed by atoms with van der Waals surface area (Å²) < 4.78 is 13.5. The Bertz CT molecular complexity index is 581. The fourth-order valence-electron chi connectivity index (χ4n) is 1.49. The Labute approximate surface area is 104 Å². The summed E-state index contributed by atoms with van der Waals surface area (Å²) in [5, 5.41) is 2.56. The van der Waals surface area contributed by atoms with Crippen LogP contribution in [0.2, 0.25) is 0 Å². The first-order valence-corrected chi connectivity index (χ1v) is 5.35. The fourth-order valence-corrected chi connectivity index (χ4v) is 1.49. The zero-order chi connectivity index (χ0) is 13.1. The van der Waals surface area contributed by atoms with E-state index in [0.717, 1.165) is 5.56 Å². The number of halogens is 1. The molecule has 1 amide bonds. The minimum Gasteiger partial charge on any atom is -0.384 e. The topological polar surface area (TPSA) is 68.0 Å². The van der Waals surface area contributed by atoms with Gasteiger partial charge in [0, 0.05) is 0 Å². The van der Waals surface area contributed by atoms with Crippen molar-refractivity contribution in [1.29, 1.82) is 0 Å². The first-order chi connectivity index (χ1) is 8.56. The van der Waals surface area contributed by atoms with Crippen molar-refractivity contribution in [2.24, 2.45) is 0 Å². The first-order valence-electron chi connectivity index (χ1n) is 5.35. The molecule has 18 heavy (non-hydrogen) atoms. The van der Waals surface area contributed by atoms with E-state index in [2.05, 4.69) is 10.3 Å².